The number of epoxide rings is 1. The fourth-order valence-corrected chi connectivity index (χ4v) is 4.61. The summed E-state index contributed by atoms with van der Waals surface area (Å²) in [7, 11) is 1.43. The van der Waals surface area contributed by atoms with E-state index in [1.165, 1.54) is 71.3 Å². The molecule has 0 aliphatic carbocycles. The van der Waals surface area contributed by atoms with Gasteiger partial charge in [-0.15, -0.1) is 0 Å². The standard InChI is InChI=1S/C25H46O5/c1-5-6-7-8-9-10-11-12-13-14-15-22-23(30-25(2,3)29-22)17-16-20-21(28-20)18-19-24(26)27-4/h20-23H,5-19H2,1-4H3/t20-,21+,22+,23+/m0/s1. The van der Waals surface area contributed by atoms with Crippen LogP contribution in [-0.2, 0) is 23.7 Å². The van der Waals surface area contributed by atoms with Crippen LogP contribution >= 0.6 is 0 Å². The van der Waals surface area contributed by atoms with E-state index in [0.29, 0.717) is 6.42 Å². The molecule has 2 saturated heterocycles. The van der Waals surface area contributed by atoms with Gasteiger partial charge in [-0.3, -0.25) is 4.79 Å². The van der Waals surface area contributed by atoms with Crippen LogP contribution in [-0.4, -0.2) is 43.3 Å². The number of esters is 1. The molecular formula is C25H46O5. The van der Waals surface area contributed by atoms with Crippen LogP contribution in [0.1, 0.15) is 117 Å². The van der Waals surface area contributed by atoms with Crippen molar-refractivity contribution < 1.29 is 23.7 Å². The van der Waals surface area contributed by atoms with Crippen LogP contribution in [0.15, 0.2) is 0 Å². The summed E-state index contributed by atoms with van der Waals surface area (Å²) in [4.78, 5) is 11.3. The first-order valence-electron chi connectivity index (χ1n) is 12.5. The highest BCUT2D eigenvalue weighted by Gasteiger charge is 2.43. The van der Waals surface area contributed by atoms with Crippen molar-refractivity contribution in [2.45, 2.75) is 147 Å². The Morgan fingerprint density at radius 3 is 1.83 bits per heavy atom. The maximum absolute atomic E-state index is 11.3. The van der Waals surface area contributed by atoms with Crippen LogP contribution in [0.4, 0.5) is 0 Å². The highest BCUT2D eigenvalue weighted by atomic mass is 16.7. The van der Waals surface area contributed by atoms with Gasteiger partial charge in [0, 0.05) is 6.42 Å². The predicted octanol–water partition coefficient (Wildman–Crippen LogP) is 6.32. The first-order chi connectivity index (χ1) is 14.4. The van der Waals surface area contributed by atoms with Gasteiger partial charge in [0.25, 0.3) is 0 Å². The molecule has 2 rings (SSSR count). The number of rotatable bonds is 17. The van der Waals surface area contributed by atoms with E-state index >= 15 is 0 Å². The third-order valence-electron chi connectivity index (χ3n) is 6.41. The van der Waals surface area contributed by atoms with E-state index < -0.39 is 5.79 Å². The summed E-state index contributed by atoms with van der Waals surface area (Å²) in [5.74, 6) is -0.641. The van der Waals surface area contributed by atoms with Gasteiger partial charge in [0.15, 0.2) is 5.79 Å². The van der Waals surface area contributed by atoms with Crippen molar-refractivity contribution in [2.75, 3.05) is 7.11 Å². The number of hydrogen-bond acceptors (Lipinski definition) is 5. The second-order valence-electron chi connectivity index (χ2n) is 9.59. The maximum atomic E-state index is 11.3. The quantitative estimate of drug-likeness (QED) is 0.155. The molecule has 176 valence electrons. The average molecular weight is 427 g/mol. The Bertz CT molecular complexity index is 478. The van der Waals surface area contributed by atoms with Crippen LogP contribution in [0, 0.1) is 0 Å². The normalized spacial score (nSPS) is 27.3. The Morgan fingerprint density at radius 2 is 1.23 bits per heavy atom. The van der Waals surface area contributed by atoms with Crippen LogP contribution in [0.3, 0.4) is 0 Å². The van der Waals surface area contributed by atoms with Crippen molar-refractivity contribution in [1.82, 2.24) is 0 Å². The monoisotopic (exact) mass is 426 g/mol. The maximum Gasteiger partial charge on any atom is 0.305 e. The molecule has 5 heteroatoms. The zero-order chi connectivity index (χ0) is 21.8. The molecule has 5 nitrogen and oxygen atoms in total. The van der Waals surface area contributed by atoms with E-state index in [4.69, 9.17) is 18.9 Å². The molecule has 2 aliphatic heterocycles. The van der Waals surface area contributed by atoms with Gasteiger partial charge in [0.1, 0.15) is 0 Å². The molecule has 0 radical (unpaired) electrons. The van der Waals surface area contributed by atoms with E-state index in [2.05, 4.69) is 6.92 Å². The number of unbranched alkanes of at least 4 members (excludes halogenated alkanes) is 9. The fraction of sp³-hybridized carbons (Fsp3) is 0.960. The number of carbonyl (C=O) groups is 1. The highest BCUT2D eigenvalue weighted by Crippen LogP contribution is 2.37. The number of carbonyl (C=O) groups excluding carboxylic acids is 1. The molecular weight excluding hydrogens is 380 g/mol. The lowest BCUT2D eigenvalue weighted by Gasteiger charge is -2.16. The predicted molar refractivity (Wildman–Crippen MR) is 119 cm³/mol. The molecule has 0 aromatic carbocycles. The number of hydrogen-bond donors (Lipinski definition) is 0. The van der Waals surface area contributed by atoms with Crippen molar-refractivity contribution in [3.63, 3.8) is 0 Å². The SMILES string of the molecule is CCCCCCCCCCCC[C@H]1OC(C)(C)O[C@@H]1CC[C@@H]1O[C@@H]1CCC(=O)OC. The van der Waals surface area contributed by atoms with Gasteiger partial charge in [-0.1, -0.05) is 71.1 Å². The van der Waals surface area contributed by atoms with Crippen molar-refractivity contribution in [3.8, 4) is 0 Å². The van der Waals surface area contributed by atoms with Gasteiger partial charge >= 0.3 is 5.97 Å². The molecule has 0 amide bonds. The smallest absolute Gasteiger partial charge is 0.305 e. The third-order valence-corrected chi connectivity index (χ3v) is 6.41. The summed E-state index contributed by atoms with van der Waals surface area (Å²) in [6, 6.07) is 0. The summed E-state index contributed by atoms with van der Waals surface area (Å²) in [5, 5.41) is 0. The zero-order valence-electron chi connectivity index (χ0n) is 20.0. The summed E-state index contributed by atoms with van der Waals surface area (Å²) in [5.41, 5.74) is 0. The van der Waals surface area contributed by atoms with Gasteiger partial charge in [-0.2, -0.15) is 0 Å². The summed E-state index contributed by atoms with van der Waals surface area (Å²) in [6.07, 6.45) is 18.6. The number of ether oxygens (including phenoxy) is 4. The molecule has 0 spiro atoms. The summed E-state index contributed by atoms with van der Waals surface area (Å²) in [6.45, 7) is 6.31. The molecule has 0 aromatic rings. The summed E-state index contributed by atoms with van der Waals surface area (Å²) >= 11 is 0. The second kappa shape index (κ2) is 13.7. The van der Waals surface area contributed by atoms with Crippen molar-refractivity contribution in [1.29, 1.82) is 0 Å². The number of methoxy groups -OCH3 is 1. The van der Waals surface area contributed by atoms with Crippen LogP contribution in [0.2, 0.25) is 0 Å². The van der Waals surface area contributed by atoms with E-state index in [0.717, 1.165) is 25.7 Å². The largest absolute Gasteiger partial charge is 0.469 e. The molecule has 0 aromatic heterocycles. The lowest BCUT2D eigenvalue weighted by Crippen LogP contribution is -2.23. The molecule has 4 atom stereocenters. The van der Waals surface area contributed by atoms with Gasteiger partial charge in [0.05, 0.1) is 31.5 Å². The van der Waals surface area contributed by atoms with Crippen molar-refractivity contribution >= 4 is 5.97 Å². The van der Waals surface area contributed by atoms with Crippen molar-refractivity contribution in [3.05, 3.63) is 0 Å². The second-order valence-corrected chi connectivity index (χ2v) is 9.59. The molecule has 0 unspecified atom stereocenters. The van der Waals surface area contributed by atoms with Gasteiger partial charge in [-0.25, -0.2) is 0 Å². The van der Waals surface area contributed by atoms with E-state index in [-0.39, 0.29) is 30.4 Å². The molecule has 2 heterocycles. The minimum Gasteiger partial charge on any atom is -0.469 e. The van der Waals surface area contributed by atoms with Crippen LogP contribution < -0.4 is 0 Å². The van der Waals surface area contributed by atoms with Crippen LogP contribution in [0.25, 0.3) is 0 Å². The molecule has 2 aliphatic rings. The Labute approximate surface area is 184 Å². The average Bonchev–Trinajstić information content (AvgIpc) is 3.41. The Hall–Kier alpha value is -0.650. The van der Waals surface area contributed by atoms with Gasteiger partial charge < -0.3 is 18.9 Å². The van der Waals surface area contributed by atoms with Gasteiger partial charge in [-0.05, 0) is 39.5 Å². The van der Waals surface area contributed by atoms with Crippen LogP contribution in [0.5, 0.6) is 0 Å². The highest BCUT2D eigenvalue weighted by molar-refractivity contribution is 5.69. The lowest BCUT2D eigenvalue weighted by molar-refractivity contribution is -0.147. The minimum atomic E-state index is -0.484. The topological polar surface area (TPSA) is 57.3 Å². The van der Waals surface area contributed by atoms with Crippen molar-refractivity contribution in [2.24, 2.45) is 0 Å². The zero-order valence-corrected chi connectivity index (χ0v) is 20.0. The lowest BCUT2D eigenvalue weighted by atomic mass is 9.99. The molecule has 0 bridgehead atoms. The fourth-order valence-electron chi connectivity index (χ4n) is 4.61. The molecule has 2 fully saturated rings. The molecule has 0 saturated carbocycles. The molecule has 30 heavy (non-hydrogen) atoms. The first kappa shape index (κ1) is 25.6. The Morgan fingerprint density at radius 1 is 0.733 bits per heavy atom. The van der Waals surface area contributed by atoms with Gasteiger partial charge in [0.2, 0.25) is 0 Å². The van der Waals surface area contributed by atoms with E-state index in [1.54, 1.807) is 0 Å². The first-order valence-corrected chi connectivity index (χ1v) is 12.5. The minimum absolute atomic E-state index is 0.157. The van der Waals surface area contributed by atoms with E-state index in [9.17, 15) is 4.79 Å². The Kier molecular flexibility index (Phi) is 11.7. The summed E-state index contributed by atoms with van der Waals surface area (Å²) < 4.78 is 22.8. The third kappa shape index (κ3) is 10.1. The molecule has 0 N–H and O–H groups in total. The Balaban J connectivity index is 1.54. The van der Waals surface area contributed by atoms with E-state index in [1.807, 2.05) is 13.8 Å².